The smallest absolute Gasteiger partial charge is 0.0230 e. The van der Waals surface area contributed by atoms with Crippen LogP contribution < -0.4 is 0 Å². The third-order valence-electron chi connectivity index (χ3n) is 3.05. The Balaban J connectivity index is 2.12. The molecule has 0 heterocycles. The standard InChI is InChI=1S/C15H25BrN2/c1-17(11-6-10-16)12-7-13-18(2)14-15-8-4-3-5-9-15/h3-5,8-9H,6-7,10-14H2,1-2H3. The minimum absolute atomic E-state index is 1.05. The molecule has 0 aliphatic heterocycles. The van der Waals surface area contributed by atoms with E-state index >= 15 is 0 Å². The molecular formula is C15H25BrN2. The molecule has 0 amide bonds. The zero-order valence-corrected chi connectivity index (χ0v) is 13.2. The van der Waals surface area contributed by atoms with E-state index in [0.29, 0.717) is 0 Å². The molecule has 0 radical (unpaired) electrons. The molecule has 0 atom stereocenters. The fourth-order valence-corrected chi connectivity index (χ4v) is 2.28. The van der Waals surface area contributed by atoms with E-state index in [1.54, 1.807) is 0 Å². The normalized spacial score (nSPS) is 11.4. The van der Waals surface area contributed by atoms with Crippen molar-refractivity contribution in [3.8, 4) is 0 Å². The van der Waals surface area contributed by atoms with Gasteiger partial charge < -0.3 is 9.80 Å². The van der Waals surface area contributed by atoms with Crippen LogP contribution in [-0.2, 0) is 6.54 Å². The van der Waals surface area contributed by atoms with Gasteiger partial charge in [-0.15, -0.1) is 0 Å². The van der Waals surface area contributed by atoms with Crippen LogP contribution in [0.1, 0.15) is 18.4 Å². The van der Waals surface area contributed by atoms with Crippen LogP contribution in [0.25, 0.3) is 0 Å². The van der Waals surface area contributed by atoms with Crippen LogP contribution in [-0.4, -0.2) is 48.9 Å². The van der Waals surface area contributed by atoms with Gasteiger partial charge >= 0.3 is 0 Å². The molecule has 1 aromatic carbocycles. The van der Waals surface area contributed by atoms with E-state index in [9.17, 15) is 0 Å². The van der Waals surface area contributed by atoms with Gasteiger partial charge in [-0.1, -0.05) is 46.3 Å². The first-order chi connectivity index (χ1) is 8.72. The summed E-state index contributed by atoms with van der Waals surface area (Å²) in [6, 6.07) is 10.7. The predicted molar refractivity (Wildman–Crippen MR) is 83.3 cm³/mol. The quantitative estimate of drug-likeness (QED) is 0.646. The molecule has 2 nitrogen and oxygen atoms in total. The molecule has 0 N–H and O–H groups in total. The Morgan fingerprint density at radius 3 is 2.17 bits per heavy atom. The number of alkyl halides is 1. The van der Waals surface area contributed by atoms with E-state index in [0.717, 1.165) is 18.4 Å². The van der Waals surface area contributed by atoms with Crippen LogP contribution in [0, 0.1) is 0 Å². The van der Waals surface area contributed by atoms with Crippen LogP contribution in [0.15, 0.2) is 30.3 Å². The maximum absolute atomic E-state index is 3.47. The van der Waals surface area contributed by atoms with Crippen LogP contribution in [0.5, 0.6) is 0 Å². The van der Waals surface area contributed by atoms with Gasteiger partial charge in [0.15, 0.2) is 0 Å². The van der Waals surface area contributed by atoms with E-state index < -0.39 is 0 Å². The molecule has 0 saturated carbocycles. The van der Waals surface area contributed by atoms with Crippen molar-refractivity contribution in [1.82, 2.24) is 9.80 Å². The van der Waals surface area contributed by atoms with Crippen LogP contribution in [0.2, 0.25) is 0 Å². The Hall–Kier alpha value is -0.380. The topological polar surface area (TPSA) is 6.48 Å². The third kappa shape index (κ3) is 7.14. The summed E-state index contributed by atoms with van der Waals surface area (Å²) >= 11 is 3.47. The fourth-order valence-electron chi connectivity index (χ4n) is 2.03. The van der Waals surface area contributed by atoms with Crippen molar-refractivity contribution in [2.45, 2.75) is 19.4 Å². The van der Waals surface area contributed by atoms with Crippen LogP contribution >= 0.6 is 15.9 Å². The van der Waals surface area contributed by atoms with E-state index in [-0.39, 0.29) is 0 Å². The third-order valence-corrected chi connectivity index (χ3v) is 3.61. The van der Waals surface area contributed by atoms with Crippen molar-refractivity contribution < 1.29 is 0 Å². The molecule has 0 spiro atoms. The first kappa shape index (κ1) is 15.7. The lowest BCUT2D eigenvalue weighted by molar-refractivity contribution is 0.275. The molecule has 18 heavy (non-hydrogen) atoms. The Morgan fingerprint density at radius 1 is 0.889 bits per heavy atom. The Kier molecular flexibility index (Phi) is 8.31. The molecule has 3 heteroatoms. The molecule has 102 valence electrons. The maximum atomic E-state index is 3.47. The van der Waals surface area contributed by atoms with E-state index in [1.165, 1.54) is 31.5 Å². The minimum atomic E-state index is 1.05. The molecular weight excluding hydrogens is 288 g/mol. The number of halogens is 1. The summed E-state index contributed by atoms with van der Waals surface area (Å²) in [5.74, 6) is 0. The monoisotopic (exact) mass is 312 g/mol. The van der Waals surface area contributed by atoms with Gasteiger partial charge in [-0.05, 0) is 52.1 Å². The zero-order valence-electron chi connectivity index (χ0n) is 11.6. The highest BCUT2D eigenvalue weighted by molar-refractivity contribution is 9.09. The number of nitrogens with zero attached hydrogens (tertiary/aromatic N) is 2. The fraction of sp³-hybridized carbons (Fsp3) is 0.600. The zero-order chi connectivity index (χ0) is 13.2. The van der Waals surface area contributed by atoms with Crippen molar-refractivity contribution in [2.75, 3.05) is 39.1 Å². The lowest BCUT2D eigenvalue weighted by atomic mass is 10.2. The first-order valence-electron chi connectivity index (χ1n) is 6.69. The highest BCUT2D eigenvalue weighted by atomic mass is 79.9. The summed E-state index contributed by atoms with van der Waals surface area (Å²) < 4.78 is 0. The second-order valence-corrected chi connectivity index (χ2v) is 5.72. The first-order valence-corrected chi connectivity index (χ1v) is 7.81. The van der Waals surface area contributed by atoms with Gasteiger partial charge in [0.25, 0.3) is 0 Å². The van der Waals surface area contributed by atoms with Crippen molar-refractivity contribution in [3.63, 3.8) is 0 Å². The Morgan fingerprint density at radius 2 is 1.50 bits per heavy atom. The second kappa shape index (κ2) is 9.54. The Bertz CT molecular complexity index is 303. The lowest BCUT2D eigenvalue weighted by Crippen LogP contribution is -2.26. The van der Waals surface area contributed by atoms with Crippen molar-refractivity contribution in [3.05, 3.63) is 35.9 Å². The lowest BCUT2D eigenvalue weighted by Gasteiger charge is -2.20. The van der Waals surface area contributed by atoms with Crippen LogP contribution in [0.3, 0.4) is 0 Å². The highest BCUT2D eigenvalue weighted by Crippen LogP contribution is 2.03. The Labute approximate surface area is 120 Å². The number of benzene rings is 1. The maximum Gasteiger partial charge on any atom is 0.0230 e. The van der Waals surface area contributed by atoms with Gasteiger partial charge in [-0.3, -0.25) is 0 Å². The highest BCUT2D eigenvalue weighted by Gasteiger charge is 2.01. The molecule has 0 aromatic heterocycles. The summed E-state index contributed by atoms with van der Waals surface area (Å²) in [7, 11) is 4.41. The van der Waals surface area contributed by atoms with E-state index in [4.69, 9.17) is 0 Å². The molecule has 1 rings (SSSR count). The van der Waals surface area contributed by atoms with E-state index in [2.05, 4.69) is 70.2 Å². The van der Waals surface area contributed by atoms with Gasteiger partial charge in [0.05, 0.1) is 0 Å². The molecule has 0 fully saturated rings. The molecule has 1 aromatic rings. The van der Waals surface area contributed by atoms with Crippen LogP contribution in [0.4, 0.5) is 0 Å². The minimum Gasteiger partial charge on any atom is -0.306 e. The molecule has 0 aliphatic rings. The van der Waals surface area contributed by atoms with Gasteiger partial charge in [-0.25, -0.2) is 0 Å². The van der Waals surface area contributed by atoms with Crippen molar-refractivity contribution in [1.29, 1.82) is 0 Å². The summed E-state index contributed by atoms with van der Waals surface area (Å²) in [6.07, 6.45) is 2.47. The second-order valence-electron chi connectivity index (χ2n) is 4.92. The van der Waals surface area contributed by atoms with Gasteiger partial charge in [0.1, 0.15) is 0 Å². The van der Waals surface area contributed by atoms with Gasteiger partial charge in [-0.2, -0.15) is 0 Å². The average Bonchev–Trinajstić information content (AvgIpc) is 2.37. The van der Waals surface area contributed by atoms with Crippen molar-refractivity contribution >= 4 is 15.9 Å². The largest absolute Gasteiger partial charge is 0.306 e. The molecule has 0 unspecified atom stereocenters. The van der Waals surface area contributed by atoms with Gasteiger partial charge in [0, 0.05) is 11.9 Å². The molecule has 0 saturated heterocycles. The summed E-state index contributed by atoms with van der Waals surface area (Å²) in [5, 5.41) is 1.10. The number of rotatable bonds is 9. The molecule has 0 aliphatic carbocycles. The summed E-state index contributed by atoms with van der Waals surface area (Å²) in [5.41, 5.74) is 1.40. The number of hydrogen-bond donors (Lipinski definition) is 0. The summed E-state index contributed by atoms with van der Waals surface area (Å²) in [4.78, 5) is 4.81. The summed E-state index contributed by atoms with van der Waals surface area (Å²) in [6.45, 7) is 4.58. The van der Waals surface area contributed by atoms with Crippen molar-refractivity contribution in [2.24, 2.45) is 0 Å². The predicted octanol–water partition coefficient (Wildman–Crippen LogP) is 3.23. The van der Waals surface area contributed by atoms with Gasteiger partial charge in [0.2, 0.25) is 0 Å². The SMILES string of the molecule is CN(CCCBr)CCCN(C)Cc1ccccc1. The van der Waals surface area contributed by atoms with E-state index in [1.807, 2.05) is 0 Å². The average molecular weight is 313 g/mol. The number of hydrogen-bond acceptors (Lipinski definition) is 2. The molecule has 0 bridgehead atoms.